The van der Waals surface area contributed by atoms with Gasteiger partial charge in [-0.15, -0.1) is 0 Å². The highest BCUT2D eigenvalue weighted by Crippen LogP contribution is 2.02. The fraction of sp³-hybridized carbons (Fsp3) is 0.385. The van der Waals surface area contributed by atoms with Gasteiger partial charge in [-0.05, 0) is 37.2 Å². The van der Waals surface area contributed by atoms with Crippen LogP contribution >= 0.6 is 12.2 Å². The van der Waals surface area contributed by atoms with Gasteiger partial charge in [-0.25, -0.2) is 0 Å². The first kappa shape index (κ1) is 14.4. The molecule has 5 heteroatoms. The Morgan fingerprint density at radius 3 is 2.39 bits per heavy atom. The van der Waals surface area contributed by atoms with E-state index in [1.54, 1.807) is 12.1 Å². The zero-order chi connectivity index (χ0) is 13.5. The van der Waals surface area contributed by atoms with Crippen LogP contribution in [0.3, 0.4) is 0 Å². The second kappa shape index (κ2) is 6.96. The molecule has 0 heterocycles. The Morgan fingerprint density at radius 1 is 1.22 bits per heavy atom. The summed E-state index contributed by atoms with van der Waals surface area (Å²) >= 11 is 5.02. The highest BCUT2D eigenvalue weighted by atomic mass is 32.1. The summed E-state index contributed by atoms with van der Waals surface area (Å²) in [7, 11) is 0. The summed E-state index contributed by atoms with van der Waals surface area (Å²) in [6.07, 6.45) is 0. The maximum atomic E-state index is 11.7. The molecule has 0 aromatic heterocycles. The Balaban J connectivity index is 2.37. The van der Waals surface area contributed by atoms with Crippen LogP contribution in [-0.2, 0) is 0 Å². The van der Waals surface area contributed by atoms with E-state index in [0.29, 0.717) is 16.6 Å². The van der Waals surface area contributed by atoms with Crippen molar-refractivity contribution in [2.24, 2.45) is 5.92 Å². The lowest BCUT2D eigenvalue weighted by molar-refractivity contribution is 0.0943. The molecule has 1 rings (SSSR count). The Morgan fingerprint density at radius 2 is 1.83 bits per heavy atom. The molecule has 0 saturated carbocycles. The predicted molar refractivity (Wildman–Crippen MR) is 77.2 cm³/mol. The first-order valence-electron chi connectivity index (χ1n) is 5.90. The Labute approximate surface area is 113 Å². The van der Waals surface area contributed by atoms with Gasteiger partial charge in [0.1, 0.15) is 0 Å². The van der Waals surface area contributed by atoms with Crippen molar-refractivity contribution in [2.45, 2.75) is 20.8 Å². The molecule has 1 aromatic rings. The maximum absolute atomic E-state index is 11.7. The van der Waals surface area contributed by atoms with Crippen LogP contribution in [0.2, 0.25) is 0 Å². The SMILES string of the molecule is Cc1ccc(C(=O)NNC(=S)NCC(C)C)cc1. The largest absolute Gasteiger partial charge is 0.361 e. The molecule has 0 bridgehead atoms. The topological polar surface area (TPSA) is 53.2 Å². The quantitative estimate of drug-likeness (QED) is 0.576. The molecule has 0 radical (unpaired) electrons. The lowest BCUT2D eigenvalue weighted by Gasteiger charge is -2.12. The molecule has 1 aromatic carbocycles. The second-order valence-electron chi connectivity index (χ2n) is 4.55. The second-order valence-corrected chi connectivity index (χ2v) is 4.96. The van der Waals surface area contributed by atoms with Crippen LogP contribution in [-0.4, -0.2) is 17.6 Å². The van der Waals surface area contributed by atoms with E-state index in [-0.39, 0.29) is 5.91 Å². The third-order valence-electron chi connectivity index (χ3n) is 2.27. The molecular weight excluding hydrogens is 246 g/mol. The Hall–Kier alpha value is -1.62. The van der Waals surface area contributed by atoms with Gasteiger partial charge >= 0.3 is 0 Å². The molecule has 0 saturated heterocycles. The average Bonchev–Trinajstić information content (AvgIpc) is 2.34. The number of rotatable bonds is 3. The Kier molecular flexibility index (Phi) is 5.58. The number of hydrogen-bond acceptors (Lipinski definition) is 2. The van der Waals surface area contributed by atoms with E-state index in [2.05, 4.69) is 30.0 Å². The van der Waals surface area contributed by atoms with Crippen molar-refractivity contribution >= 4 is 23.2 Å². The molecule has 0 atom stereocenters. The number of aryl methyl sites for hydroxylation is 1. The van der Waals surface area contributed by atoms with E-state index >= 15 is 0 Å². The maximum Gasteiger partial charge on any atom is 0.269 e. The molecule has 98 valence electrons. The number of hydrogen-bond donors (Lipinski definition) is 3. The number of amides is 1. The molecule has 0 aliphatic carbocycles. The standard InChI is InChI=1S/C13H19N3OS/c1-9(2)8-14-13(18)16-15-12(17)11-6-4-10(3)5-7-11/h4-7,9H,8H2,1-3H3,(H,15,17)(H2,14,16,18). The number of benzene rings is 1. The van der Waals surface area contributed by atoms with Gasteiger partial charge in [0.25, 0.3) is 5.91 Å². The fourth-order valence-electron chi connectivity index (χ4n) is 1.23. The van der Waals surface area contributed by atoms with Gasteiger partial charge in [-0.1, -0.05) is 31.5 Å². The number of carbonyl (C=O) groups is 1. The Bertz CT molecular complexity index is 415. The number of carbonyl (C=O) groups excluding carboxylic acids is 1. The van der Waals surface area contributed by atoms with E-state index in [4.69, 9.17) is 12.2 Å². The van der Waals surface area contributed by atoms with Crippen molar-refractivity contribution in [3.05, 3.63) is 35.4 Å². The van der Waals surface area contributed by atoms with Crippen molar-refractivity contribution in [3.63, 3.8) is 0 Å². The van der Waals surface area contributed by atoms with Crippen LogP contribution in [0.1, 0.15) is 29.8 Å². The van der Waals surface area contributed by atoms with Crippen LogP contribution in [0.4, 0.5) is 0 Å². The van der Waals surface area contributed by atoms with Gasteiger partial charge < -0.3 is 5.32 Å². The predicted octanol–water partition coefficient (Wildman–Crippen LogP) is 1.76. The van der Waals surface area contributed by atoms with Crippen molar-refractivity contribution < 1.29 is 4.79 Å². The molecule has 0 fully saturated rings. The molecule has 1 amide bonds. The molecule has 4 nitrogen and oxygen atoms in total. The van der Waals surface area contributed by atoms with Crippen molar-refractivity contribution in [3.8, 4) is 0 Å². The third kappa shape index (κ3) is 5.14. The minimum Gasteiger partial charge on any atom is -0.361 e. The molecule has 0 aliphatic heterocycles. The van der Waals surface area contributed by atoms with Crippen molar-refractivity contribution in [1.29, 1.82) is 0 Å². The first-order chi connectivity index (χ1) is 8.49. The normalized spacial score (nSPS) is 10.0. The van der Waals surface area contributed by atoms with Crippen molar-refractivity contribution in [2.75, 3.05) is 6.54 Å². The fourth-order valence-corrected chi connectivity index (χ4v) is 1.37. The summed E-state index contributed by atoms with van der Waals surface area (Å²) in [6.45, 7) is 6.91. The molecule has 3 N–H and O–H groups in total. The summed E-state index contributed by atoms with van der Waals surface area (Å²) in [5.41, 5.74) is 6.94. The van der Waals surface area contributed by atoms with Gasteiger partial charge in [0, 0.05) is 12.1 Å². The molecule has 18 heavy (non-hydrogen) atoms. The average molecular weight is 265 g/mol. The first-order valence-corrected chi connectivity index (χ1v) is 6.30. The highest BCUT2D eigenvalue weighted by molar-refractivity contribution is 7.80. The van der Waals surface area contributed by atoms with Gasteiger partial charge in [0.05, 0.1) is 0 Å². The third-order valence-corrected chi connectivity index (χ3v) is 2.52. The lowest BCUT2D eigenvalue weighted by atomic mass is 10.1. The molecular formula is C13H19N3OS. The highest BCUT2D eigenvalue weighted by Gasteiger charge is 2.05. The zero-order valence-corrected chi connectivity index (χ0v) is 11.7. The van der Waals surface area contributed by atoms with E-state index in [1.165, 1.54) is 0 Å². The summed E-state index contributed by atoms with van der Waals surface area (Å²) in [5.74, 6) is 0.293. The smallest absolute Gasteiger partial charge is 0.269 e. The van der Waals surface area contributed by atoms with Crippen LogP contribution < -0.4 is 16.2 Å². The summed E-state index contributed by atoms with van der Waals surface area (Å²) in [6, 6.07) is 7.34. The van der Waals surface area contributed by atoms with Gasteiger partial charge in [-0.3, -0.25) is 15.6 Å². The molecule has 0 spiro atoms. The van der Waals surface area contributed by atoms with E-state index in [0.717, 1.165) is 12.1 Å². The van der Waals surface area contributed by atoms with Gasteiger partial charge in [0.2, 0.25) is 0 Å². The number of hydrazine groups is 1. The summed E-state index contributed by atoms with van der Waals surface area (Å²) in [4.78, 5) is 11.7. The van der Waals surface area contributed by atoms with E-state index in [9.17, 15) is 4.79 Å². The minimum absolute atomic E-state index is 0.205. The monoisotopic (exact) mass is 265 g/mol. The molecule has 0 aliphatic rings. The van der Waals surface area contributed by atoms with Crippen LogP contribution in [0, 0.1) is 12.8 Å². The van der Waals surface area contributed by atoms with E-state index in [1.807, 2.05) is 19.1 Å². The van der Waals surface area contributed by atoms with Crippen LogP contribution in [0.15, 0.2) is 24.3 Å². The lowest BCUT2D eigenvalue weighted by Crippen LogP contribution is -2.47. The zero-order valence-electron chi connectivity index (χ0n) is 10.9. The molecule has 0 unspecified atom stereocenters. The van der Waals surface area contributed by atoms with Crippen molar-refractivity contribution in [1.82, 2.24) is 16.2 Å². The summed E-state index contributed by atoms with van der Waals surface area (Å²) in [5, 5.41) is 3.42. The number of nitrogens with one attached hydrogen (secondary N) is 3. The number of thiocarbonyl (C=S) groups is 1. The van der Waals surface area contributed by atoms with Gasteiger partial charge in [0.15, 0.2) is 5.11 Å². The van der Waals surface area contributed by atoms with E-state index < -0.39 is 0 Å². The van der Waals surface area contributed by atoms with Crippen LogP contribution in [0.25, 0.3) is 0 Å². The minimum atomic E-state index is -0.205. The summed E-state index contributed by atoms with van der Waals surface area (Å²) < 4.78 is 0. The van der Waals surface area contributed by atoms with Crippen LogP contribution in [0.5, 0.6) is 0 Å². The van der Waals surface area contributed by atoms with Gasteiger partial charge in [-0.2, -0.15) is 0 Å².